The lowest BCUT2D eigenvalue weighted by Crippen LogP contribution is -2.21. The van der Waals surface area contributed by atoms with Crippen LogP contribution in [0.1, 0.15) is 40.1 Å². The van der Waals surface area contributed by atoms with E-state index in [9.17, 15) is 4.79 Å². The number of ketones is 1. The highest BCUT2D eigenvalue weighted by atomic mass is 32.1. The van der Waals surface area contributed by atoms with Crippen LogP contribution in [0.5, 0.6) is 0 Å². The van der Waals surface area contributed by atoms with Gasteiger partial charge in [0.1, 0.15) is 0 Å². The smallest absolute Gasteiger partial charge is 0.171 e. The summed E-state index contributed by atoms with van der Waals surface area (Å²) in [5, 5.41) is 1.05. The molecule has 4 nitrogen and oxygen atoms in total. The summed E-state index contributed by atoms with van der Waals surface area (Å²) in [6, 6.07) is 0. The Morgan fingerprint density at radius 1 is 1.44 bits per heavy atom. The summed E-state index contributed by atoms with van der Waals surface area (Å²) >= 11 is 1.52. The van der Waals surface area contributed by atoms with E-state index in [1.807, 2.05) is 0 Å². The molecule has 2 heterocycles. The number of aromatic nitrogens is 1. The fourth-order valence-corrected chi connectivity index (χ4v) is 3.23. The molecular weight excluding hydrogens is 248 g/mol. The first-order valence-electron chi connectivity index (χ1n) is 6.41. The second kappa shape index (κ2) is 6.41. The molecule has 1 aliphatic rings. The monoisotopic (exact) mass is 268 g/mol. The third-order valence-corrected chi connectivity index (χ3v) is 4.44. The molecule has 0 radical (unpaired) electrons. The maximum Gasteiger partial charge on any atom is 0.171 e. The number of rotatable bonds is 6. The van der Waals surface area contributed by atoms with Crippen LogP contribution in [-0.4, -0.2) is 42.4 Å². The highest BCUT2D eigenvalue weighted by molar-refractivity contribution is 7.13. The van der Waals surface area contributed by atoms with Crippen molar-refractivity contribution >= 4 is 17.1 Å². The molecule has 5 heteroatoms. The highest BCUT2D eigenvalue weighted by Crippen LogP contribution is 2.21. The lowest BCUT2D eigenvalue weighted by atomic mass is 10.3. The summed E-state index contributed by atoms with van der Waals surface area (Å²) < 4.78 is 5.09. The Morgan fingerprint density at radius 2 is 2.17 bits per heavy atom. The number of likely N-dealkylation sites (tertiary alicyclic amines) is 1. The van der Waals surface area contributed by atoms with E-state index < -0.39 is 0 Å². The molecule has 0 atom stereocenters. The van der Waals surface area contributed by atoms with Crippen LogP contribution in [0.2, 0.25) is 0 Å². The fourth-order valence-electron chi connectivity index (χ4n) is 2.28. The second-order valence-electron chi connectivity index (χ2n) is 4.67. The van der Waals surface area contributed by atoms with Crippen molar-refractivity contribution in [2.24, 2.45) is 0 Å². The second-order valence-corrected chi connectivity index (χ2v) is 5.75. The molecule has 1 aliphatic heterocycles. The van der Waals surface area contributed by atoms with Crippen molar-refractivity contribution in [1.82, 2.24) is 9.88 Å². The largest absolute Gasteiger partial charge is 0.378 e. The van der Waals surface area contributed by atoms with Crippen molar-refractivity contribution in [1.29, 1.82) is 0 Å². The van der Waals surface area contributed by atoms with Gasteiger partial charge in [0, 0.05) is 27.0 Å². The van der Waals surface area contributed by atoms with Crippen LogP contribution in [-0.2, 0) is 17.8 Å². The molecule has 0 unspecified atom stereocenters. The first-order chi connectivity index (χ1) is 8.70. The van der Waals surface area contributed by atoms with Gasteiger partial charge >= 0.3 is 0 Å². The molecule has 1 aromatic rings. The zero-order valence-corrected chi connectivity index (χ0v) is 11.9. The molecule has 18 heavy (non-hydrogen) atoms. The van der Waals surface area contributed by atoms with Crippen LogP contribution in [0.25, 0.3) is 0 Å². The molecule has 0 amide bonds. The predicted molar refractivity (Wildman–Crippen MR) is 72.2 cm³/mol. The minimum absolute atomic E-state index is 0.0898. The Bertz CT molecular complexity index is 411. The Hall–Kier alpha value is -0.780. The average Bonchev–Trinajstić information content (AvgIpc) is 2.95. The Labute approximate surface area is 112 Å². The molecule has 0 bridgehead atoms. The van der Waals surface area contributed by atoms with E-state index in [1.54, 1.807) is 14.0 Å². The number of hydrogen-bond acceptors (Lipinski definition) is 5. The van der Waals surface area contributed by atoms with Gasteiger partial charge in [0.25, 0.3) is 0 Å². The summed E-state index contributed by atoms with van der Waals surface area (Å²) in [5.41, 5.74) is 0.798. The van der Waals surface area contributed by atoms with Gasteiger partial charge in [0.2, 0.25) is 0 Å². The summed E-state index contributed by atoms with van der Waals surface area (Å²) in [5.74, 6) is 0.0898. The Kier molecular flexibility index (Phi) is 4.86. The van der Waals surface area contributed by atoms with Gasteiger partial charge in [-0.25, -0.2) is 4.98 Å². The van der Waals surface area contributed by atoms with Crippen molar-refractivity contribution in [3.05, 3.63) is 15.6 Å². The van der Waals surface area contributed by atoms with Crippen molar-refractivity contribution in [3.63, 3.8) is 0 Å². The van der Waals surface area contributed by atoms with Crippen LogP contribution in [0.15, 0.2) is 0 Å². The third kappa shape index (κ3) is 3.37. The first-order valence-corrected chi connectivity index (χ1v) is 7.23. The van der Waals surface area contributed by atoms with Crippen molar-refractivity contribution in [2.45, 2.75) is 32.8 Å². The summed E-state index contributed by atoms with van der Waals surface area (Å²) in [4.78, 5) is 19.3. The van der Waals surface area contributed by atoms with E-state index >= 15 is 0 Å². The minimum Gasteiger partial charge on any atom is -0.378 e. The normalized spacial score (nSPS) is 16.3. The standard InChI is InChI=1S/C13H20N2O2S/c1-10(16)13-11(9-17-2)14-12(18-13)5-8-15-6-3-4-7-15/h3-9H2,1-2H3. The Balaban J connectivity index is 1.99. The predicted octanol–water partition coefficient (Wildman–Crippen LogP) is 2.13. The lowest BCUT2D eigenvalue weighted by molar-refractivity contribution is 0.101. The van der Waals surface area contributed by atoms with Crippen LogP contribution >= 0.6 is 11.3 Å². The van der Waals surface area contributed by atoms with E-state index in [0.717, 1.165) is 28.5 Å². The van der Waals surface area contributed by atoms with E-state index in [-0.39, 0.29) is 5.78 Å². The van der Waals surface area contributed by atoms with Crippen LogP contribution in [0, 0.1) is 0 Å². The van der Waals surface area contributed by atoms with Gasteiger partial charge in [-0.2, -0.15) is 0 Å². The van der Waals surface area contributed by atoms with Gasteiger partial charge in [0.05, 0.1) is 22.2 Å². The molecule has 1 fully saturated rings. The number of hydrogen-bond donors (Lipinski definition) is 0. The number of nitrogens with zero attached hydrogens (tertiary/aromatic N) is 2. The van der Waals surface area contributed by atoms with Crippen LogP contribution < -0.4 is 0 Å². The molecule has 2 rings (SSSR count). The van der Waals surface area contributed by atoms with Gasteiger partial charge in [-0.15, -0.1) is 11.3 Å². The molecule has 1 aromatic heterocycles. The number of methoxy groups -OCH3 is 1. The van der Waals surface area contributed by atoms with E-state index in [0.29, 0.717) is 6.61 Å². The lowest BCUT2D eigenvalue weighted by Gasteiger charge is -2.12. The minimum atomic E-state index is 0.0898. The molecule has 0 saturated carbocycles. The fraction of sp³-hybridized carbons (Fsp3) is 0.692. The number of carbonyl (C=O) groups is 1. The molecule has 100 valence electrons. The summed E-state index contributed by atoms with van der Waals surface area (Å²) in [6.07, 6.45) is 3.56. The molecule has 0 spiro atoms. The van der Waals surface area contributed by atoms with Crippen molar-refractivity contribution < 1.29 is 9.53 Å². The SMILES string of the molecule is COCc1nc(CCN2CCCC2)sc1C(C)=O. The van der Waals surface area contributed by atoms with E-state index in [1.165, 1.54) is 37.3 Å². The molecule has 0 N–H and O–H groups in total. The zero-order chi connectivity index (χ0) is 13.0. The molecular formula is C13H20N2O2S. The third-order valence-electron chi connectivity index (χ3n) is 3.18. The zero-order valence-electron chi connectivity index (χ0n) is 11.1. The van der Waals surface area contributed by atoms with Crippen LogP contribution in [0.4, 0.5) is 0 Å². The maximum absolute atomic E-state index is 11.5. The average molecular weight is 268 g/mol. The Morgan fingerprint density at radius 3 is 2.78 bits per heavy atom. The molecule has 1 saturated heterocycles. The van der Waals surface area contributed by atoms with Gasteiger partial charge < -0.3 is 9.64 Å². The van der Waals surface area contributed by atoms with Gasteiger partial charge in [-0.3, -0.25) is 4.79 Å². The van der Waals surface area contributed by atoms with Gasteiger partial charge in [-0.1, -0.05) is 0 Å². The number of ether oxygens (including phenoxy) is 1. The van der Waals surface area contributed by atoms with Gasteiger partial charge in [0.15, 0.2) is 5.78 Å². The molecule has 0 aromatic carbocycles. The number of Topliss-reactive ketones (excluding diaryl/α,β-unsaturated/α-hetero) is 1. The molecule has 0 aliphatic carbocycles. The quantitative estimate of drug-likeness (QED) is 0.741. The number of thiazole rings is 1. The summed E-state index contributed by atoms with van der Waals surface area (Å²) in [6.45, 7) is 5.48. The van der Waals surface area contributed by atoms with E-state index in [2.05, 4.69) is 9.88 Å². The maximum atomic E-state index is 11.5. The topological polar surface area (TPSA) is 42.4 Å². The van der Waals surface area contributed by atoms with Crippen molar-refractivity contribution in [3.8, 4) is 0 Å². The first kappa shape index (κ1) is 13.6. The van der Waals surface area contributed by atoms with Crippen molar-refractivity contribution in [2.75, 3.05) is 26.7 Å². The van der Waals surface area contributed by atoms with E-state index in [4.69, 9.17) is 4.74 Å². The summed E-state index contributed by atoms with van der Waals surface area (Å²) in [7, 11) is 1.63. The van der Waals surface area contributed by atoms with Crippen LogP contribution in [0.3, 0.4) is 0 Å². The highest BCUT2D eigenvalue weighted by Gasteiger charge is 2.16. The number of carbonyl (C=O) groups excluding carboxylic acids is 1. The van der Waals surface area contributed by atoms with Gasteiger partial charge in [-0.05, 0) is 25.9 Å².